The molecule has 0 bridgehead atoms. The van der Waals surface area contributed by atoms with Gasteiger partial charge in [0, 0.05) is 11.3 Å². The number of benzene rings is 1. The first-order chi connectivity index (χ1) is 6.06. The first-order valence-electron chi connectivity index (χ1n) is 3.29. The molecule has 0 atom stereocenters. The third-order valence-electron chi connectivity index (χ3n) is 1.48. The Morgan fingerprint density at radius 3 is 2.46 bits per heavy atom. The lowest BCUT2D eigenvalue weighted by atomic mass is 10.2. The maximum Gasteiger partial charge on any atom is 0.307 e. The van der Waals surface area contributed by atoms with Crippen LogP contribution in [-0.2, 0) is 5.75 Å². The molecule has 0 saturated carbocycles. The highest BCUT2D eigenvalue weighted by Gasteiger charge is 2.17. The lowest BCUT2D eigenvalue weighted by Crippen LogP contribution is -1.96. The van der Waals surface area contributed by atoms with Gasteiger partial charge in [-0.05, 0) is 6.07 Å². The molecule has 3 nitrogen and oxygen atoms in total. The van der Waals surface area contributed by atoms with Crippen molar-refractivity contribution in [2.45, 2.75) is 5.75 Å². The maximum absolute atomic E-state index is 12.9. The van der Waals surface area contributed by atoms with E-state index in [0.717, 1.165) is 6.07 Å². The van der Waals surface area contributed by atoms with Crippen LogP contribution in [0.3, 0.4) is 0 Å². The molecule has 0 saturated heterocycles. The molecule has 0 aromatic heterocycles. The minimum absolute atomic E-state index is 0.000742. The van der Waals surface area contributed by atoms with Crippen LogP contribution in [0.5, 0.6) is 0 Å². The molecule has 6 heteroatoms. The second-order valence-electron chi connectivity index (χ2n) is 2.31. The van der Waals surface area contributed by atoms with Crippen LogP contribution in [0.25, 0.3) is 0 Å². The summed E-state index contributed by atoms with van der Waals surface area (Å²) >= 11 is 3.74. The summed E-state index contributed by atoms with van der Waals surface area (Å²) in [5.41, 5.74) is -0.852. The predicted octanol–water partition coefficient (Wildman–Crippen LogP) is 2.30. The Bertz CT molecular complexity index is 357. The minimum Gasteiger partial charge on any atom is -0.258 e. The predicted molar refractivity (Wildman–Crippen MR) is 45.7 cm³/mol. The molecule has 0 unspecified atom stereocenters. The van der Waals surface area contributed by atoms with Crippen LogP contribution in [0.15, 0.2) is 12.1 Å². The van der Waals surface area contributed by atoms with E-state index in [0.29, 0.717) is 6.07 Å². The lowest BCUT2D eigenvalue weighted by molar-refractivity contribution is -0.387. The average molecular weight is 205 g/mol. The monoisotopic (exact) mass is 205 g/mol. The zero-order valence-corrected chi connectivity index (χ0v) is 7.22. The number of rotatable bonds is 2. The van der Waals surface area contributed by atoms with Crippen molar-refractivity contribution < 1.29 is 13.7 Å². The molecular formula is C7H5F2NO2S. The second kappa shape index (κ2) is 3.69. The lowest BCUT2D eigenvalue weighted by Gasteiger charge is -1.99. The van der Waals surface area contributed by atoms with Crippen LogP contribution in [0.4, 0.5) is 14.5 Å². The zero-order valence-electron chi connectivity index (χ0n) is 6.33. The van der Waals surface area contributed by atoms with Gasteiger partial charge in [0.2, 0.25) is 5.82 Å². The number of nitrogens with zero attached hydrogens (tertiary/aromatic N) is 1. The number of nitro benzene ring substituents is 1. The molecule has 0 aliphatic heterocycles. The molecule has 1 aromatic rings. The smallest absolute Gasteiger partial charge is 0.258 e. The van der Waals surface area contributed by atoms with Crippen molar-refractivity contribution in [2.75, 3.05) is 0 Å². The van der Waals surface area contributed by atoms with Crippen LogP contribution in [0, 0.1) is 21.7 Å². The Balaban J connectivity index is 3.28. The molecule has 0 N–H and O–H groups in total. The van der Waals surface area contributed by atoms with E-state index in [1.807, 2.05) is 0 Å². The van der Waals surface area contributed by atoms with Crippen molar-refractivity contribution in [3.8, 4) is 0 Å². The Hall–Kier alpha value is -1.17. The fourth-order valence-corrected chi connectivity index (χ4v) is 1.08. The zero-order chi connectivity index (χ0) is 10.0. The van der Waals surface area contributed by atoms with Crippen LogP contribution in [0.1, 0.15) is 5.56 Å². The van der Waals surface area contributed by atoms with E-state index in [4.69, 9.17) is 0 Å². The van der Waals surface area contributed by atoms with E-state index < -0.39 is 22.2 Å². The summed E-state index contributed by atoms with van der Waals surface area (Å²) in [4.78, 5) is 9.18. The number of nitro groups is 1. The van der Waals surface area contributed by atoms with Crippen LogP contribution in [-0.4, -0.2) is 4.92 Å². The van der Waals surface area contributed by atoms with E-state index in [2.05, 4.69) is 12.6 Å². The molecule has 0 spiro atoms. The van der Waals surface area contributed by atoms with Gasteiger partial charge in [0.1, 0.15) is 5.82 Å². The summed E-state index contributed by atoms with van der Waals surface area (Å²) in [5, 5.41) is 10.2. The third-order valence-corrected chi connectivity index (χ3v) is 1.82. The van der Waals surface area contributed by atoms with Crippen molar-refractivity contribution in [2.24, 2.45) is 0 Å². The van der Waals surface area contributed by atoms with Crippen molar-refractivity contribution in [3.05, 3.63) is 39.4 Å². The van der Waals surface area contributed by atoms with Crippen LogP contribution >= 0.6 is 12.6 Å². The largest absolute Gasteiger partial charge is 0.307 e. The van der Waals surface area contributed by atoms with E-state index in [9.17, 15) is 18.9 Å². The second-order valence-corrected chi connectivity index (χ2v) is 2.63. The fourth-order valence-electron chi connectivity index (χ4n) is 0.839. The van der Waals surface area contributed by atoms with E-state index in [-0.39, 0.29) is 11.3 Å². The highest BCUT2D eigenvalue weighted by molar-refractivity contribution is 7.79. The van der Waals surface area contributed by atoms with Crippen molar-refractivity contribution >= 4 is 18.3 Å². The summed E-state index contributed by atoms with van der Waals surface area (Å²) in [6.45, 7) is 0. The molecular weight excluding hydrogens is 200 g/mol. The highest BCUT2D eigenvalue weighted by atomic mass is 32.1. The molecule has 0 amide bonds. The van der Waals surface area contributed by atoms with Gasteiger partial charge in [0.15, 0.2) is 0 Å². The summed E-state index contributed by atoms with van der Waals surface area (Å²) in [6, 6.07) is 1.33. The molecule has 1 rings (SSSR count). The van der Waals surface area contributed by atoms with Gasteiger partial charge in [-0.3, -0.25) is 10.1 Å². The first-order valence-corrected chi connectivity index (χ1v) is 3.92. The molecule has 0 aliphatic carbocycles. The Kier molecular flexibility index (Phi) is 2.82. The van der Waals surface area contributed by atoms with E-state index in [1.165, 1.54) is 0 Å². The molecule has 1 aromatic carbocycles. The SMILES string of the molecule is O=[N+]([O-])c1cc(F)c(CS)cc1F. The van der Waals surface area contributed by atoms with Gasteiger partial charge in [-0.1, -0.05) is 0 Å². The molecule has 70 valence electrons. The highest BCUT2D eigenvalue weighted by Crippen LogP contribution is 2.21. The Morgan fingerprint density at radius 2 is 2.00 bits per heavy atom. The van der Waals surface area contributed by atoms with E-state index in [1.54, 1.807) is 0 Å². The van der Waals surface area contributed by atoms with Crippen LogP contribution < -0.4 is 0 Å². The molecule has 0 fully saturated rings. The summed E-state index contributed by atoms with van der Waals surface area (Å²) in [7, 11) is 0. The Labute approximate surface area is 77.9 Å². The van der Waals surface area contributed by atoms with Gasteiger partial charge in [0.25, 0.3) is 0 Å². The maximum atomic E-state index is 12.9. The quantitative estimate of drug-likeness (QED) is 0.457. The number of hydrogen-bond donors (Lipinski definition) is 1. The molecule has 0 heterocycles. The van der Waals surface area contributed by atoms with Crippen molar-refractivity contribution in [1.29, 1.82) is 0 Å². The van der Waals surface area contributed by atoms with Gasteiger partial charge in [-0.2, -0.15) is 17.0 Å². The molecule has 0 aliphatic rings. The third kappa shape index (κ3) is 1.95. The molecule has 0 radical (unpaired) electrons. The number of halogens is 2. The number of thiol groups is 1. The standard InChI is InChI=1S/C7H5F2NO2S/c8-5-2-7(10(11)12)6(9)1-4(5)3-13/h1-2,13H,3H2. The summed E-state index contributed by atoms with van der Waals surface area (Å²) in [5.74, 6) is -1.86. The fraction of sp³-hybridized carbons (Fsp3) is 0.143. The number of hydrogen-bond acceptors (Lipinski definition) is 3. The Morgan fingerprint density at radius 1 is 1.38 bits per heavy atom. The van der Waals surface area contributed by atoms with Crippen molar-refractivity contribution in [1.82, 2.24) is 0 Å². The van der Waals surface area contributed by atoms with Gasteiger partial charge < -0.3 is 0 Å². The summed E-state index contributed by atoms with van der Waals surface area (Å²) in [6.07, 6.45) is 0. The molecule has 13 heavy (non-hydrogen) atoms. The van der Waals surface area contributed by atoms with Gasteiger partial charge in [-0.25, -0.2) is 4.39 Å². The topological polar surface area (TPSA) is 43.1 Å². The van der Waals surface area contributed by atoms with Gasteiger partial charge >= 0.3 is 5.69 Å². The average Bonchev–Trinajstić information content (AvgIpc) is 2.07. The van der Waals surface area contributed by atoms with Gasteiger partial charge in [0.05, 0.1) is 11.0 Å². The van der Waals surface area contributed by atoms with Crippen molar-refractivity contribution in [3.63, 3.8) is 0 Å². The van der Waals surface area contributed by atoms with Gasteiger partial charge in [-0.15, -0.1) is 0 Å². The summed E-state index contributed by atoms with van der Waals surface area (Å²) < 4.78 is 25.7. The van der Waals surface area contributed by atoms with E-state index >= 15 is 0 Å². The van der Waals surface area contributed by atoms with Crippen LogP contribution in [0.2, 0.25) is 0 Å². The minimum atomic E-state index is -1.05. The first kappa shape index (κ1) is 9.91. The normalized spacial score (nSPS) is 10.1.